The van der Waals surface area contributed by atoms with Crippen LogP contribution in [0.4, 0.5) is 0 Å². The van der Waals surface area contributed by atoms with E-state index in [1.165, 1.54) is 0 Å². The van der Waals surface area contributed by atoms with Crippen molar-refractivity contribution in [3.8, 4) is 11.4 Å². The highest BCUT2D eigenvalue weighted by molar-refractivity contribution is 6.35. The highest BCUT2D eigenvalue weighted by Gasteiger charge is 2.24. The Morgan fingerprint density at radius 1 is 1.21 bits per heavy atom. The highest BCUT2D eigenvalue weighted by Crippen LogP contribution is 2.28. The Morgan fingerprint density at radius 2 is 1.93 bits per heavy atom. The van der Waals surface area contributed by atoms with Crippen LogP contribution in [0.25, 0.3) is 5.69 Å². The van der Waals surface area contributed by atoms with Crippen molar-refractivity contribution < 1.29 is 14.3 Å². The molecule has 0 spiro atoms. The molecule has 1 saturated heterocycles. The average Bonchev–Trinajstić information content (AvgIpc) is 3.30. The summed E-state index contributed by atoms with van der Waals surface area (Å²) in [4.78, 5) is 25.5. The fourth-order valence-electron chi connectivity index (χ4n) is 3.38. The molecule has 0 aliphatic carbocycles. The summed E-state index contributed by atoms with van der Waals surface area (Å²) >= 11 is 6.24. The van der Waals surface area contributed by atoms with E-state index in [2.05, 4.69) is 10.5 Å². The first-order valence-electron chi connectivity index (χ1n) is 9.07. The lowest BCUT2D eigenvalue weighted by Crippen LogP contribution is -2.39. The number of hydrazone groups is 1. The van der Waals surface area contributed by atoms with Crippen LogP contribution >= 0.6 is 11.6 Å². The van der Waals surface area contributed by atoms with Gasteiger partial charge in [0.15, 0.2) is 0 Å². The summed E-state index contributed by atoms with van der Waals surface area (Å²) < 4.78 is 7.23. The van der Waals surface area contributed by atoms with E-state index in [1.807, 2.05) is 42.7 Å². The number of benzene rings is 1. The van der Waals surface area contributed by atoms with Gasteiger partial charge in [0.1, 0.15) is 5.75 Å². The molecular formula is C20H23ClN4O3. The Balaban J connectivity index is 1.74. The number of ether oxygens (including phenoxy) is 1. The summed E-state index contributed by atoms with van der Waals surface area (Å²) in [5, 5.41) is 4.48. The number of nitrogens with one attached hydrogen (secondary N) is 1. The molecule has 28 heavy (non-hydrogen) atoms. The minimum Gasteiger partial charge on any atom is -0.495 e. The summed E-state index contributed by atoms with van der Waals surface area (Å²) in [5.74, 6) is -0.637. The van der Waals surface area contributed by atoms with Gasteiger partial charge in [0.25, 0.3) is 0 Å². The van der Waals surface area contributed by atoms with Crippen LogP contribution in [0.2, 0.25) is 5.02 Å². The van der Waals surface area contributed by atoms with Crippen LogP contribution in [-0.2, 0) is 9.59 Å². The van der Waals surface area contributed by atoms with E-state index in [4.69, 9.17) is 16.3 Å². The molecule has 0 atom stereocenters. The van der Waals surface area contributed by atoms with Gasteiger partial charge in [-0.05, 0) is 51.0 Å². The molecule has 7 nitrogen and oxygen atoms in total. The standard InChI is InChI=1S/C20H23ClN4O3/c1-13-10-15(12-22-23-19(26)20(27)24-8-4-5-9-24)14(2)25(13)16-6-7-18(28-3)17(21)11-16/h6-7,10-12H,4-5,8-9H2,1-3H3,(H,23,26)/b22-12-. The van der Waals surface area contributed by atoms with Gasteiger partial charge in [-0.3, -0.25) is 9.59 Å². The van der Waals surface area contributed by atoms with E-state index in [9.17, 15) is 9.59 Å². The second kappa shape index (κ2) is 8.48. The van der Waals surface area contributed by atoms with Gasteiger partial charge in [-0.15, -0.1) is 0 Å². The molecule has 1 N–H and O–H groups in total. The van der Waals surface area contributed by atoms with E-state index >= 15 is 0 Å². The molecule has 2 heterocycles. The lowest BCUT2D eigenvalue weighted by atomic mass is 10.2. The second-order valence-corrected chi connectivity index (χ2v) is 7.09. The maximum atomic E-state index is 12.0. The third-order valence-corrected chi connectivity index (χ3v) is 5.12. The minimum atomic E-state index is -0.714. The van der Waals surface area contributed by atoms with Crippen molar-refractivity contribution in [2.45, 2.75) is 26.7 Å². The number of rotatable bonds is 4. The van der Waals surface area contributed by atoms with Crippen molar-refractivity contribution in [3.05, 3.63) is 46.2 Å². The lowest BCUT2D eigenvalue weighted by Gasteiger charge is -2.12. The second-order valence-electron chi connectivity index (χ2n) is 6.68. The van der Waals surface area contributed by atoms with Crippen LogP contribution in [0.15, 0.2) is 29.4 Å². The molecule has 8 heteroatoms. The molecule has 1 aliphatic heterocycles. The number of aromatic nitrogens is 1. The molecule has 3 rings (SSSR count). The topological polar surface area (TPSA) is 75.9 Å². The smallest absolute Gasteiger partial charge is 0.329 e. The Kier molecular flexibility index (Phi) is 6.04. The van der Waals surface area contributed by atoms with Gasteiger partial charge in [-0.25, -0.2) is 5.43 Å². The van der Waals surface area contributed by atoms with Crippen molar-refractivity contribution >= 4 is 29.6 Å². The molecule has 1 aliphatic rings. The van der Waals surface area contributed by atoms with E-state index in [-0.39, 0.29) is 0 Å². The normalized spacial score (nSPS) is 13.9. The van der Waals surface area contributed by atoms with Crippen molar-refractivity contribution in [2.24, 2.45) is 5.10 Å². The molecule has 2 amide bonds. The number of aryl methyl sites for hydroxylation is 1. The van der Waals surface area contributed by atoms with Crippen LogP contribution in [0.1, 0.15) is 29.8 Å². The number of halogens is 1. The molecule has 1 aromatic heterocycles. The molecule has 2 aromatic rings. The molecule has 0 unspecified atom stereocenters. The predicted molar refractivity (Wildman–Crippen MR) is 108 cm³/mol. The van der Waals surface area contributed by atoms with Crippen LogP contribution < -0.4 is 10.2 Å². The number of methoxy groups -OCH3 is 1. The van der Waals surface area contributed by atoms with Crippen molar-refractivity contribution in [2.75, 3.05) is 20.2 Å². The first kappa shape index (κ1) is 19.9. The SMILES string of the molecule is COc1ccc(-n2c(C)cc(/C=N\NC(=O)C(=O)N3CCCC3)c2C)cc1Cl. The highest BCUT2D eigenvalue weighted by atomic mass is 35.5. The van der Waals surface area contributed by atoms with E-state index in [0.717, 1.165) is 35.5 Å². The fraction of sp³-hybridized carbons (Fsp3) is 0.350. The maximum Gasteiger partial charge on any atom is 0.329 e. The van der Waals surface area contributed by atoms with Gasteiger partial charge in [0.05, 0.1) is 18.3 Å². The van der Waals surface area contributed by atoms with Gasteiger partial charge in [0.2, 0.25) is 0 Å². The lowest BCUT2D eigenvalue weighted by molar-refractivity contribution is -0.145. The van der Waals surface area contributed by atoms with E-state index in [0.29, 0.717) is 23.9 Å². The van der Waals surface area contributed by atoms with Crippen LogP contribution in [0, 0.1) is 13.8 Å². The molecule has 0 saturated carbocycles. The molecular weight excluding hydrogens is 380 g/mol. The Bertz CT molecular complexity index is 930. The van der Waals surface area contributed by atoms with Gasteiger partial charge in [0, 0.05) is 35.7 Å². The summed E-state index contributed by atoms with van der Waals surface area (Å²) in [6.07, 6.45) is 3.41. The summed E-state index contributed by atoms with van der Waals surface area (Å²) in [5.41, 5.74) is 5.97. The number of amides is 2. The summed E-state index contributed by atoms with van der Waals surface area (Å²) in [7, 11) is 1.57. The number of hydrogen-bond donors (Lipinski definition) is 1. The zero-order chi connectivity index (χ0) is 20.3. The molecule has 0 radical (unpaired) electrons. The van der Waals surface area contributed by atoms with Crippen molar-refractivity contribution in [1.29, 1.82) is 0 Å². The molecule has 0 bridgehead atoms. The van der Waals surface area contributed by atoms with E-state index in [1.54, 1.807) is 18.2 Å². The van der Waals surface area contributed by atoms with Crippen molar-refractivity contribution in [1.82, 2.24) is 14.9 Å². The third-order valence-electron chi connectivity index (χ3n) is 4.82. The Morgan fingerprint density at radius 3 is 2.57 bits per heavy atom. The van der Waals surface area contributed by atoms with E-state index < -0.39 is 11.8 Å². The molecule has 1 fully saturated rings. The minimum absolute atomic E-state index is 0.524. The maximum absolute atomic E-state index is 12.0. The first-order valence-corrected chi connectivity index (χ1v) is 9.45. The largest absolute Gasteiger partial charge is 0.495 e. The molecule has 1 aromatic carbocycles. The van der Waals surface area contributed by atoms with Gasteiger partial charge >= 0.3 is 11.8 Å². The van der Waals surface area contributed by atoms with Crippen LogP contribution in [-0.4, -0.2) is 47.7 Å². The molecule has 148 valence electrons. The van der Waals surface area contributed by atoms with Crippen molar-refractivity contribution in [3.63, 3.8) is 0 Å². The van der Waals surface area contributed by atoms with Crippen LogP contribution in [0.5, 0.6) is 5.75 Å². The number of hydrogen-bond acceptors (Lipinski definition) is 4. The predicted octanol–water partition coefficient (Wildman–Crippen LogP) is 2.83. The number of carbonyl (C=O) groups is 2. The van der Waals surface area contributed by atoms with Gasteiger partial charge in [-0.1, -0.05) is 11.6 Å². The third kappa shape index (κ3) is 4.04. The summed E-state index contributed by atoms with van der Waals surface area (Å²) in [6.45, 7) is 5.17. The monoisotopic (exact) mass is 402 g/mol. The van der Waals surface area contributed by atoms with Gasteiger partial charge in [-0.2, -0.15) is 5.10 Å². The zero-order valence-electron chi connectivity index (χ0n) is 16.2. The number of likely N-dealkylation sites (tertiary alicyclic amines) is 1. The average molecular weight is 403 g/mol. The summed E-state index contributed by atoms with van der Waals surface area (Å²) in [6, 6.07) is 7.51. The zero-order valence-corrected chi connectivity index (χ0v) is 16.9. The van der Waals surface area contributed by atoms with Crippen LogP contribution in [0.3, 0.4) is 0 Å². The fourth-order valence-corrected chi connectivity index (χ4v) is 3.63. The first-order chi connectivity index (χ1) is 13.4. The Labute approximate surface area is 168 Å². The quantitative estimate of drug-likeness (QED) is 0.485. The number of nitrogens with zero attached hydrogens (tertiary/aromatic N) is 3. The van der Waals surface area contributed by atoms with Gasteiger partial charge < -0.3 is 14.2 Å². The Hall–Kier alpha value is -2.80. The number of carbonyl (C=O) groups excluding carboxylic acids is 2.